The zero-order chi connectivity index (χ0) is 13.6. The largest absolute Gasteiger partial charge is 0.310 e. The molecule has 1 aromatic heterocycles. The average molecular weight is 273 g/mol. The van der Waals surface area contributed by atoms with Gasteiger partial charge < -0.3 is 5.32 Å². The van der Waals surface area contributed by atoms with Crippen molar-refractivity contribution in [1.82, 2.24) is 5.32 Å². The van der Waals surface area contributed by atoms with E-state index in [2.05, 4.69) is 45.1 Å². The molecular weight excluding hydrogens is 250 g/mol. The summed E-state index contributed by atoms with van der Waals surface area (Å²) in [4.78, 5) is 1.57. The maximum atomic E-state index is 3.60. The Morgan fingerprint density at radius 2 is 1.89 bits per heavy atom. The van der Waals surface area contributed by atoms with Gasteiger partial charge in [-0.2, -0.15) is 0 Å². The lowest BCUT2D eigenvalue weighted by Gasteiger charge is -2.09. The van der Waals surface area contributed by atoms with Crippen molar-refractivity contribution in [2.75, 3.05) is 0 Å². The lowest BCUT2D eigenvalue weighted by atomic mass is 10.00. The fourth-order valence-electron chi connectivity index (χ4n) is 2.80. The predicted octanol–water partition coefficient (Wildman–Crippen LogP) is 4.89. The number of thiophene rings is 1. The second-order valence-corrected chi connectivity index (χ2v) is 7.26. The Bertz CT molecular complexity index is 605. The molecule has 1 saturated carbocycles. The van der Waals surface area contributed by atoms with E-state index in [-0.39, 0.29) is 0 Å². The SMILES string of the molecule is Cc1ccc(C)c2c(C3CC3)c(CNC(C)C)sc12. The summed E-state index contributed by atoms with van der Waals surface area (Å²) in [7, 11) is 0. The first-order valence-corrected chi connectivity index (χ1v) is 8.14. The number of hydrogen-bond acceptors (Lipinski definition) is 2. The number of aryl methyl sites for hydroxylation is 2. The third-order valence-electron chi connectivity index (χ3n) is 4.01. The van der Waals surface area contributed by atoms with E-state index in [9.17, 15) is 0 Å². The van der Waals surface area contributed by atoms with Crippen LogP contribution in [0.3, 0.4) is 0 Å². The molecule has 0 atom stereocenters. The van der Waals surface area contributed by atoms with Gasteiger partial charge in [0.2, 0.25) is 0 Å². The van der Waals surface area contributed by atoms with Crippen LogP contribution in [-0.2, 0) is 6.54 Å². The second-order valence-electron chi connectivity index (χ2n) is 6.15. The lowest BCUT2D eigenvalue weighted by molar-refractivity contribution is 0.591. The Morgan fingerprint density at radius 1 is 1.21 bits per heavy atom. The number of hydrogen-bond donors (Lipinski definition) is 1. The van der Waals surface area contributed by atoms with E-state index < -0.39 is 0 Å². The van der Waals surface area contributed by atoms with Gasteiger partial charge in [-0.05, 0) is 54.7 Å². The van der Waals surface area contributed by atoms with E-state index in [4.69, 9.17) is 0 Å². The van der Waals surface area contributed by atoms with Crippen molar-refractivity contribution >= 4 is 21.4 Å². The van der Waals surface area contributed by atoms with Gasteiger partial charge in [0.05, 0.1) is 0 Å². The highest BCUT2D eigenvalue weighted by molar-refractivity contribution is 7.19. The van der Waals surface area contributed by atoms with Crippen molar-refractivity contribution in [2.45, 2.75) is 59.0 Å². The summed E-state index contributed by atoms with van der Waals surface area (Å²) in [6.45, 7) is 9.98. The third-order valence-corrected chi connectivity index (χ3v) is 5.36. The van der Waals surface area contributed by atoms with Gasteiger partial charge in [-0.1, -0.05) is 26.0 Å². The fourth-order valence-corrected chi connectivity index (χ4v) is 4.18. The molecule has 1 N–H and O–H groups in total. The molecule has 0 aliphatic heterocycles. The molecule has 0 bridgehead atoms. The van der Waals surface area contributed by atoms with Crippen molar-refractivity contribution in [3.63, 3.8) is 0 Å². The summed E-state index contributed by atoms with van der Waals surface area (Å²) in [6, 6.07) is 5.11. The topological polar surface area (TPSA) is 12.0 Å². The first kappa shape index (κ1) is 13.1. The van der Waals surface area contributed by atoms with Gasteiger partial charge in [0, 0.05) is 22.2 Å². The van der Waals surface area contributed by atoms with Crippen molar-refractivity contribution in [3.8, 4) is 0 Å². The van der Waals surface area contributed by atoms with Crippen LogP contribution < -0.4 is 5.32 Å². The minimum Gasteiger partial charge on any atom is -0.310 e. The zero-order valence-electron chi connectivity index (χ0n) is 12.3. The molecule has 19 heavy (non-hydrogen) atoms. The highest BCUT2D eigenvalue weighted by atomic mass is 32.1. The van der Waals surface area contributed by atoms with Gasteiger partial charge >= 0.3 is 0 Å². The molecule has 2 heteroatoms. The van der Waals surface area contributed by atoms with Gasteiger partial charge in [-0.25, -0.2) is 0 Å². The van der Waals surface area contributed by atoms with Crippen LogP contribution in [-0.4, -0.2) is 6.04 Å². The Labute approximate surface area is 120 Å². The Kier molecular flexibility index (Phi) is 3.40. The van der Waals surface area contributed by atoms with Gasteiger partial charge in [-0.3, -0.25) is 0 Å². The van der Waals surface area contributed by atoms with Crippen LogP contribution in [0.25, 0.3) is 10.1 Å². The molecule has 1 aromatic carbocycles. The minimum absolute atomic E-state index is 0.555. The maximum Gasteiger partial charge on any atom is 0.0381 e. The van der Waals surface area contributed by atoms with E-state index in [1.165, 1.54) is 28.7 Å². The minimum atomic E-state index is 0.555. The normalized spacial score (nSPS) is 15.6. The zero-order valence-corrected chi connectivity index (χ0v) is 13.2. The second kappa shape index (κ2) is 4.92. The number of rotatable bonds is 4. The first-order valence-electron chi connectivity index (χ1n) is 7.32. The highest BCUT2D eigenvalue weighted by Gasteiger charge is 2.30. The summed E-state index contributed by atoms with van der Waals surface area (Å²) >= 11 is 2.01. The molecule has 0 spiro atoms. The van der Waals surface area contributed by atoms with Crippen LogP contribution in [0.15, 0.2) is 12.1 Å². The van der Waals surface area contributed by atoms with Crippen molar-refractivity contribution in [2.24, 2.45) is 0 Å². The number of fused-ring (bicyclic) bond motifs is 1. The van der Waals surface area contributed by atoms with Crippen LogP contribution in [0.5, 0.6) is 0 Å². The van der Waals surface area contributed by atoms with Gasteiger partial charge in [-0.15, -0.1) is 11.3 Å². The van der Waals surface area contributed by atoms with Crippen LogP contribution in [0, 0.1) is 13.8 Å². The molecule has 1 heterocycles. The van der Waals surface area contributed by atoms with E-state index in [1.54, 1.807) is 15.8 Å². The number of nitrogens with one attached hydrogen (secondary N) is 1. The fraction of sp³-hybridized carbons (Fsp3) is 0.529. The summed E-state index contributed by atoms with van der Waals surface area (Å²) in [5, 5.41) is 5.16. The van der Waals surface area contributed by atoms with Gasteiger partial charge in [0.1, 0.15) is 0 Å². The Balaban J connectivity index is 2.13. The lowest BCUT2D eigenvalue weighted by Crippen LogP contribution is -2.21. The molecule has 1 fully saturated rings. The smallest absolute Gasteiger partial charge is 0.0381 e. The molecule has 102 valence electrons. The van der Waals surface area contributed by atoms with Crippen LogP contribution >= 0.6 is 11.3 Å². The van der Waals surface area contributed by atoms with Gasteiger partial charge in [0.25, 0.3) is 0 Å². The Hall–Kier alpha value is -0.860. The Morgan fingerprint density at radius 3 is 2.53 bits per heavy atom. The standard InChI is InChI=1S/C17H23NS/c1-10(2)18-9-14-16(13-7-8-13)15-11(3)5-6-12(4)17(15)19-14/h5-6,10,13,18H,7-9H2,1-4H3. The van der Waals surface area contributed by atoms with Crippen molar-refractivity contribution in [1.29, 1.82) is 0 Å². The first-order chi connectivity index (χ1) is 9.08. The van der Waals surface area contributed by atoms with Crippen LogP contribution in [0.2, 0.25) is 0 Å². The van der Waals surface area contributed by atoms with Gasteiger partial charge in [0.15, 0.2) is 0 Å². The monoisotopic (exact) mass is 273 g/mol. The highest BCUT2D eigenvalue weighted by Crippen LogP contribution is 2.49. The molecule has 1 aliphatic rings. The third kappa shape index (κ3) is 2.44. The molecular formula is C17H23NS. The number of benzene rings is 1. The summed E-state index contributed by atoms with van der Waals surface area (Å²) in [5.41, 5.74) is 4.55. The molecule has 2 aromatic rings. The molecule has 1 nitrogen and oxygen atoms in total. The van der Waals surface area contributed by atoms with Crippen molar-refractivity contribution < 1.29 is 0 Å². The molecule has 0 radical (unpaired) electrons. The summed E-state index contributed by atoms with van der Waals surface area (Å²) in [5.74, 6) is 0.832. The van der Waals surface area contributed by atoms with E-state index in [1.807, 2.05) is 11.3 Å². The quantitative estimate of drug-likeness (QED) is 0.836. The maximum absolute atomic E-state index is 3.60. The molecule has 3 rings (SSSR count). The van der Waals surface area contributed by atoms with E-state index in [0.717, 1.165) is 12.5 Å². The van der Waals surface area contributed by atoms with Crippen LogP contribution in [0.4, 0.5) is 0 Å². The predicted molar refractivity (Wildman–Crippen MR) is 85.2 cm³/mol. The molecule has 0 unspecified atom stereocenters. The molecule has 0 saturated heterocycles. The van der Waals surface area contributed by atoms with Crippen molar-refractivity contribution in [3.05, 3.63) is 33.7 Å². The summed E-state index contributed by atoms with van der Waals surface area (Å²) in [6.07, 6.45) is 2.77. The van der Waals surface area contributed by atoms with E-state index in [0.29, 0.717) is 6.04 Å². The summed E-state index contributed by atoms with van der Waals surface area (Å²) < 4.78 is 1.52. The van der Waals surface area contributed by atoms with E-state index >= 15 is 0 Å². The van der Waals surface area contributed by atoms with Crippen LogP contribution in [0.1, 0.15) is 54.2 Å². The average Bonchev–Trinajstić information content (AvgIpc) is 3.12. The molecule has 0 amide bonds. The molecule has 1 aliphatic carbocycles.